The third-order valence-corrected chi connectivity index (χ3v) is 6.06. The number of para-hydroxylation sites is 1. The van der Waals surface area contributed by atoms with Crippen LogP contribution in [0.4, 0.5) is 11.4 Å². The van der Waals surface area contributed by atoms with Crippen LogP contribution in [0.2, 0.25) is 0 Å². The lowest BCUT2D eigenvalue weighted by atomic mass is 10.2. The topological polar surface area (TPSA) is 76.3 Å². The summed E-state index contributed by atoms with van der Waals surface area (Å²) in [5.74, 6) is 0. The van der Waals surface area contributed by atoms with Crippen molar-refractivity contribution in [3.8, 4) is 5.69 Å². The van der Waals surface area contributed by atoms with Crippen LogP contribution in [0, 0.1) is 13.8 Å². The van der Waals surface area contributed by atoms with Crippen LogP contribution < -0.4 is 4.72 Å². The molecule has 0 aliphatic carbocycles. The molecule has 0 unspecified atom stereocenters. The van der Waals surface area contributed by atoms with E-state index in [0.29, 0.717) is 11.4 Å². The molecule has 0 atom stereocenters. The van der Waals surface area contributed by atoms with E-state index in [1.54, 1.807) is 16.7 Å². The van der Waals surface area contributed by atoms with Crippen molar-refractivity contribution in [2.75, 3.05) is 4.72 Å². The van der Waals surface area contributed by atoms with Gasteiger partial charge in [0.2, 0.25) is 5.03 Å². The van der Waals surface area contributed by atoms with Gasteiger partial charge in [-0.05, 0) is 50.2 Å². The molecule has 0 spiro atoms. The number of aryl methyl sites for hydroxylation is 2. The van der Waals surface area contributed by atoms with Crippen molar-refractivity contribution in [2.45, 2.75) is 18.9 Å². The SMILES string of the molecule is Cc1ccc(N=Cc2c(S(=O)(=O)Nc3ccc(C)cc3)ncn2-c2ccccc2)cc1. The summed E-state index contributed by atoms with van der Waals surface area (Å²) in [6.07, 6.45) is 3.03. The molecule has 7 heteroatoms. The Morgan fingerprint density at radius 1 is 0.871 bits per heavy atom. The molecule has 0 saturated heterocycles. The molecule has 31 heavy (non-hydrogen) atoms. The summed E-state index contributed by atoms with van der Waals surface area (Å²) in [6.45, 7) is 3.94. The summed E-state index contributed by atoms with van der Waals surface area (Å²) in [6, 6.07) is 24.3. The molecule has 0 fully saturated rings. The van der Waals surface area contributed by atoms with Gasteiger partial charge in [0.1, 0.15) is 12.0 Å². The van der Waals surface area contributed by atoms with Crippen LogP contribution in [0.1, 0.15) is 16.8 Å². The van der Waals surface area contributed by atoms with E-state index in [-0.39, 0.29) is 5.03 Å². The quantitative estimate of drug-likeness (QED) is 0.435. The minimum Gasteiger partial charge on any atom is -0.297 e. The van der Waals surface area contributed by atoms with E-state index in [0.717, 1.165) is 22.5 Å². The molecule has 0 bridgehead atoms. The molecular formula is C24H22N4O2S. The Labute approximate surface area is 182 Å². The molecule has 1 aromatic heterocycles. The lowest BCUT2D eigenvalue weighted by molar-refractivity contribution is 0.598. The molecule has 0 amide bonds. The number of imidazole rings is 1. The third kappa shape index (κ3) is 4.73. The minimum absolute atomic E-state index is 0.0900. The average molecular weight is 431 g/mol. The van der Waals surface area contributed by atoms with E-state index < -0.39 is 10.0 Å². The van der Waals surface area contributed by atoms with E-state index in [1.807, 2.05) is 80.6 Å². The molecule has 1 N–H and O–H groups in total. The number of benzene rings is 3. The van der Waals surface area contributed by atoms with E-state index in [9.17, 15) is 8.42 Å². The molecule has 6 nitrogen and oxygen atoms in total. The lowest BCUT2D eigenvalue weighted by Gasteiger charge is -2.09. The van der Waals surface area contributed by atoms with Crippen LogP contribution in [-0.2, 0) is 10.0 Å². The molecule has 3 aromatic carbocycles. The monoisotopic (exact) mass is 430 g/mol. The van der Waals surface area contributed by atoms with Gasteiger partial charge in [-0.1, -0.05) is 53.6 Å². The van der Waals surface area contributed by atoms with Crippen LogP contribution >= 0.6 is 0 Å². The van der Waals surface area contributed by atoms with Crippen molar-refractivity contribution in [3.63, 3.8) is 0 Å². The highest BCUT2D eigenvalue weighted by molar-refractivity contribution is 7.92. The first kappa shape index (κ1) is 20.6. The van der Waals surface area contributed by atoms with Gasteiger partial charge < -0.3 is 0 Å². The maximum absolute atomic E-state index is 13.2. The molecular weight excluding hydrogens is 408 g/mol. The number of aromatic nitrogens is 2. The average Bonchev–Trinajstić information content (AvgIpc) is 3.20. The van der Waals surface area contributed by atoms with Crippen LogP contribution in [0.3, 0.4) is 0 Å². The second kappa shape index (κ2) is 8.57. The van der Waals surface area contributed by atoms with Gasteiger partial charge in [0.25, 0.3) is 10.0 Å². The molecule has 156 valence electrons. The van der Waals surface area contributed by atoms with Gasteiger partial charge in [0, 0.05) is 11.4 Å². The Morgan fingerprint density at radius 3 is 2.13 bits per heavy atom. The van der Waals surface area contributed by atoms with Crippen LogP contribution in [0.15, 0.2) is 95.2 Å². The Hall–Kier alpha value is -3.71. The zero-order valence-corrected chi connectivity index (χ0v) is 18.0. The smallest absolute Gasteiger partial charge is 0.281 e. The first-order valence-corrected chi connectivity index (χ1v) is 11.2. The number of anilines is 1. The first-order chi connectivity index (χ1) is 14.9. The normalized spacial score (nSPS) is 11.7. The maximum Gasteiger partial charge on any atom is 0.281 e. The number of nitrogens with zero attached hydrogens (tertiary/aromatic N) is 3. The Bertz CT molecular complexity index is 1310. The van der Waals surface area contributed by atoms with Gasteiger partial charge in [-0.2, -0.15) is 8.42 Å². The Balaban J connectivity index is 1.77. The Kier molecular flexibility index (Phi) is 5.68. The molecule has 0 radical (unpaired) electrons. The summed E-state index contributed by atoms with van der Waals surface area (Å²) in [5, 5.41) is -0.0900. The number of nitrogens with one attached hydrogen (secondary N) is 1. The van der Waals surface area contributed by atoms with Crippen molar-refractivity contribution < 1.29 is 8.42 Å². The largest absolute Gasteiger partial charge is 0.297 e. The number of aliphatic imine (C=N–C) groups is 1. The van der Waals surface area contributed by atoms with Crippen molar-refractivity contribution in [1.82, 2.24) is 9.55 Å². The molecule has 0 aliphatic rings. The summed E-state index contributed by atoms with van der Waals surface area (Å²) >= 11 is 0. The van der Waals surface area contributed by atoms with E-state index in [1.165, 1.54) is 12.5 Å². The molecule has 1 heterocycles. The van der Waals surface area contributed by atoms with E-state index >= 15 is 0 Å². The van der Waals surface area contributed by atoms with Crippen molar-refractivity contribution in [3.05, 3.63) is 102 Å². The van der Waals surface area contributed by atoms with Crippen LogP contribution in [0.25, 0.3) is 5.69 Å². The number of rotatable bonds is 6. The number of sulfonamides is 1. The van der Waals surface area contributed by atoms with Crippen LogP contribution in [-0.4, -0.2) is 24.2 Å². The molecule has 0 aliphatic heterocycles. The van der Waals surface area contributed by atoms with Gasteiger partial charge in [-0.25, -0.2) is 4.98 Å². The van der Waals surface area contributed by atoms with Crippen molar-refractivity contribution >= 4 is 27.6 Å². The highest BCUT2D eigenvalue weighted by atomic mass is 32.2. The Morgan fingerprint density at radius 2 is 1.48 bits per heavy atom. The predicted octanol–water partition coefficient (Wildman–Crippen LogP) is 5.04. The van der Waals surface area contributed by atoms with Crippen molar-refractivity contribution in [2.24, 2.45) is 4.99 Å². The molecule has 4 aromatic rings. The second-order valence-electron chi connectivity index (χ2n) is 7.21. The second-order valence-corrected chi connectivity index (χ2v) is 8.80. The fourth-order valence-corrected chi connectivity index (χ4v) is 4.21. The number of hydrogen-bond acceptors (Lipinski definition) is 4. The third-order valence-electron chi connectivity index (χ3n) is 4.73. The van der Waals surface area contributed by atoms with Gasteiger partial charge in [-0.3, -0.25) is 14.3 Å². The summed E-state index contributed by atoms with van der Waals surface area (Å²) in [7, 11) is -3.93. The maximum atomic E-state index is 13.2. The van der Waals surface area contributed by atoms with Crippen molar-refractivity contribution in [1.29, 1.82) is 0 Å². The number of hydrogen-bond donors (Lipinski definition) is 1. The predicted molar refractivity (Wildman–Crippen MR) is 124 cm³/mol. The van der Waals surface area contributed by atoms with Crippen LogP contribution in [0.5, 0.6) is 0 Å². The highest BCUT2D eigenvalue weighted by Crippen LogP contribution is 2.22. The fourth-order valence-electron chi connectivity index (χ4n) is 3.05. The van der Waals surface area contributed by atoms with Gasteiger partial charge >= 0.3 is 0 Å². The summed E-state index contributed by atoms with van der Waals surface area (Å²) in [4.78, 5) is 8.72. The highest BCUT2D eigenvalue weighted by Gasteiger charge is 2.24. The fraction of sp³-hybridized carbons (Fsp3) is 0.0833. The zero-order chi connectivity index (χ0) is 21.8. The lowest BCUT2D eigenvalue weighted by Crippen LogP contribution is -2.16. The van der Waals surface area contributed by atoms with Gasteiger partial charge in [0.15, 0.2) is 0 Å². The summed E-state index contributed by atoms with van der Waals surface area (Å²) in [5.41, 5.74) is 4.52. The minimum atomic E-state index is -3.93. The first-order valence-electron chi connectivity index (χ1n) is 9.75. The van der Waals surface area contributed by atoms with Gasteiger partial charge in [-0.15, -0.1) is 0 Å². The van der Waals surface area contributed by atoms with E-state index in [4.69, 9.17) is 0 Å². The standard InChI is InChI=1S/C24H22N4O2S/c1-18-8-12-20(13-9-18)25-16-23-24(26-17-28(23)22-6-4-3-5-7-22)31(29,30)27-21-14-10-19(2)11-15-21/h3-17,27H,1-2H3. The zero-order valence-electron chi connectivity index (χ0n) is 17.2. The van der Waals surface area contributed by atoms with Gasteiger partial charge in [0.05, 0.1) is 11.9 Å². The molecule has 0 saturated carbocycles. The molecule has 4 rings (SSSR count). The van der Waals surface area contributed by atoms with E-state index in [2.05, 4.69) is 14.7 Å². The summed E-state index contributed by atoms with van der Waals surface area (Å²) < 4.78 is 30.6.